The van der Waals surface area contributed by atoms with Gasteiger partial charge in [-0.25, -0.2) is 4.39 Å². The molecule has 3 nitrogen and oxygen atoms in total. The summed E-state index contributed by atoms with van der Waals surface area (Å²) in [6.07, 6.45) is 0. The molecule has 0 amide bonds. The van der Waals surface area contributed by atoms with E-state index < -0.39 is 10.8 Å². The van der Waals surface area contributed by atoms with Crippen molar-refractivity contribution in [2.45, 2.75) is 0 Å². The molecule has 17 heavy (non-hydrogen) atoms. The standard InChI is InChI=1S/C12H17FN2OS/c13-11-3-1-2-4-12(11)14-5-6-15-7-9-17(16)10-8-15/h1-4,14H,5-10H2. The molecule has 0 aromatic heterocycles. The van der Waals surface area contributed by atoms with Gasteiger partial charge in [-0.1, -0.05) is 12.1 Å². The molecule has 0 spiro atoms. The predicted octanol–water partition coefficient (Wildman–Crippen LogP) is 1.30. The molecule has 1 heterocycles. The van der Waals surface area contributed by atoms with Crippen molar-refractivity contribution in [3.63, 3.8) is 0 Å². The molecule has 1 saturated heterocycles. The molecule has 1 N–H and O–H groups in total. The molecular weight excluding hydrogens is 239 g/mol. The van der Waals surface area contributed by atoms with Crippen molar-refractivity contribution in [3.8, 4) is 0 Å². The van der Waals surface area contributed by atoms with E-state index in [4.69, 9.17) is 0 Å². The monoisotopic (exact) mass is 256 g/mol. The Morgan fingerprint density at radius 1 is 1.29 bits per heavy atom. The fourth-order valence-corrected chi connectivity index (χ4v) is 2.98. The van der Waals surface area contributed by atoms with Gasteiger partial charge >= 0.3 is 0 Å². The van der Waals surface area contributed by atoms with E-state index in [1.54, 1.807) is 12.1 Å². The van der Waals surface area contributed by atoms with Crippen LogP contribution in [-0.2, 0) is 10.8 Å². The zero-order chi connectivity index (χ0) is 12.1. The van der Waals surface area contributed by atoms with Crippen LogP contribution in [0.5, 0.6) is 0 Å². The van der Waals surface area contributed by atoms with E-state index in [9.17, 15) is 8.60 Å². The largest absolute Gasteiger partial charge is 0.381 e. The molecular formula is C12H17FN2OS. The summed E-state index contributed by atoms with van der Waals surface area (Å²) >= 11 is 0. The van der Waals surface area contributed by atoms with Crippen LogP contribution >= 0.6 is 0 Å². The van der Waals surface area contributed by atoms with Crippen LogP contribution in [0.3, 0.4) is 0 Å². The Morgan fingerprint density at radius 3 is 2.71 bits per heavy atom. The number of para-hydroxylation sites is 1. The molecule has 94 valence electrons. The molecule has 5 heteroatoms. The number of halogens is 1. The van der Waals surface area contributed by atoms with Gasteiger partial charge in [0.2, 0.25) is 0 Å². The highest BCUT2D eigenvalue weighted by Crippen LogP contribution is 2.11. The lowest BCUT2D eigenvalue weighted by molar-refractivity contribution is 0.311. The number of anilines is 1. The average molecular weight is 256 g/mol. The molecule has 1 fully saturated rings. The second-order valence-corrected chi connectivity index (χ2v) is 5.79. The fraction of sp³-hybridized carbons (Fsp3) is 0.500. The summed E-state index contributed by atoms with van der Waals surface area (Å²) in [6.45, 7) is 3.34. The van der Waals surface area contributed by atoms with Crippen LogP contribution in [0.15, 0.2) is 24.3 Å². The fourth-order valence-electron chi connectivity index (χ4n) is 1.85. The van der Waals surface area contributed by atoms with Crippen LogP contribution in [0.4, 0.5) is 10.1 Å². The van der Waals surface area contributed by atoms with Crippen LogP contribution in [0, 0.1) is 5.82 Å². The van der Waals surface area contributed by atoms with Gasteiger partial charge in [-0.15, -0.1) is 0 Å². The molecule has 0 radical (unpaired) electrons. The summed E-state index contributed by atoms with van der Waals surface area (Å²) in [5.41, 5.74) is 0.549. The molecule has 1 aromatic carbocycles. The van der Waals surface area contributed by atoms with E-state index in [2.05, 4.69) is 10.2 Å². The Hall–Kier alpha value is -0.940. The maximum Gasteiger partial charge on any atom is 0.146 e. The lowest BCUT2D eigenvalue weighted by atomic mass is 10.3. The van der Waals surface area contributed by atoms with Crippen LogP contribution in [-0.4, -0.2) is 46.8 Å². The Labute approximate surface area is 103 Å². The van der Waals surface area contributed by atoms with Crippen LogP contribution < -0.4 is 5.32 Å². The Morgan fingerprint density at radius 2 is 2.00 bits per heavy atom. The molecule has 2 rings (SSSR count). The lowest BCUT2D eigenvalue weighted by Crippen LogP contribution is -2.40. The van der Waals surface area contributed by atoms with Gasteiger partial charge in [0.25, 0.3) is 0 Å². The summed E-state index contributed by atoms with van der Waals surface area (Å²) in [4.78, 5) is 2.26. The van der Waals surface area contributed by atoms with E-state index in [1.165, 1.54) is 6.07 Å². The van der Waals surface area contributed by atoms with Crippen molar-refractivity contribution in [2.75, 3.05) is 43.0 Å². The second kappa shape index (κ2) is 6.12. The molecule has 0 aliphatic carbocycles. The average Bonchev–Trinajstić information content (AvgIpc) is 2.34. The Balaban J connectivity index is 1.73. The molecule has 0 bridgehead atoms. The van der Waals surface area contributed by atoms with Crippen molar-refractivity contribution in [1.29, 1.82) is 0 Å². The number of benzene rings is 1. The maximum absolute atomic E-state index is 13.3. The minimum Gasteiger partial charge on any atom is -0.381 e. The van der Waals surface area contributed by atoms with Crippen molar-refractivity contribution < 1.29 is 8.60 Å². The van der Waals surface area contributed by atoms with Crippen molar-refractivity contribution in [2.24, 2.45) is 0 Å². The zero-order valence-electron chi connectivity index (χ0n) is 9.69. The highest BCUT2D eigenvalue weighted by molar-refractivity contribution is 7.85. The van der Waals surface area contributed by atoms with Gasteiger partial charge < -0.3 is 5.32 Å². The molecule has 1 aliphatic heterocycles. The number of nitrogens with one attached hydrogen (secondary N) is 1. The maximum atomic E-state index is 13.3. The van der Waals surface area contributed by atoms with Gasteiger partial charge in [0.1, 0.15) is 5.82 Å². The normalized spacial score (nSPS) is 18.2. The first kappa shape index (κ1) is 12.5. The van der Waals surface area contributed by atoms with E-state index in [0.717, 1.165) is 31.1 Å². The van der Waals surface area contributed by atoms with Crippen molar-refractivity contribution >= 4 is 16.5 Å². The van der Waals surface area contributed by atoms with Gasteiger partial charge in [0.05, 0.1) is 5.69 Å². The third-order valence-corrected chi connectivity index (χ3v) is 4.16. The number of hydrogen-bond donors (Lipinski definition) is 1. The highest BCUT2D eigenvalue weighted by atomic mass is 32.2. The van der Waals surface area contributed by atoms with E-state index in [-0.39, 0.29) is 5.82 Å². The molecule has 1 aromatic rings. The highest BCUT2D eigenvalue weighted by Gasteiger charge is 2.14. The van der Waals surface area contributed by atoms with Crippen LogP contribution in [0.2, 0.25) is 0 Å². The molecule has 1 aliphatic rings. The number of hydrogen-bond acceptors (Lipinski definition) is 3. The van der Waals surface area contributed by atoms with E-state index in [0.29, 0.717) is 12.2 Å². The smallest absolute Gasteiger partial charge is 0.146 e. The first-order valence-corrected chi connectivity index (χ1v) is 7.30. The molecule has 0 atom stereocenters. The third-order valence-electron chi connectivity index (χ3n) is 2.89. The summed E-state index contributed by atoms with van der Waals surface area (Å²) in [5, 5.41) is 3.08. The third kappa shape index (κ3) is 3.78. The SMILES string of the molecule is O=S1CCN(CCNc2ccccc2F)CC1. The number of nitrogens with zero attached hydrogens (tertiary/aromatic N) is 1. The van der Waals surface area contributed by atoms with Crippen molar-refractivity contribution in [1.82, 2.24) is 4.90 Å². The quantitative estimate of drug-likeness (QED) is 0.881. The second-order valence-electron chi connectivity index (χ2n) is 4.10. The van der Waals surface area contributed by atoms with Gasteiger partial charge in [0.15, 0.2) is 0 Å². The minimum atomic E-state index is -0.628. The predicted molar refractivity (Wildman–Crippen MR) is 69.2 cm³/mol. The first-order valence-electron chi connectivity index (χ1n) is 5.81. The Kier molecular flexibility index (Phi) is 4.50. The van der Waals surface area contributed by atoms with Crippen LogP contribution in [0.1, 0.15) is 0 Å². The summed E-state index contributed by atoms with van der Waals surface area (Å²) in [6, 6.07) is 6.68. The lowest BCUT2D eigenvalue weighted by Gasteiger charge is -2.26. The van der Waals surface area contributed by atoms with E-state index in [1.807, 2.05) is 6.07 Å². The van der Waals surface area contributed by atoms with Crippen molar-refractivity contribution in [3.05, 3.63) is 30.1 Å². The first-order chi connectivity index (χ1) is 8.25. The zero-order valence-corrected chi connectivity index (χ0v) is 10.5. The molecule has 0 saturated carbocycles. The minimum absolute atomic E-state index is 0.216. The summed E-state index contributed by atoms with van der Waals surface area (Å²) < 4.78 is 24.5. The number of rotatable bonds is 4. The van der Waals surface area contributed by atoms with Gasteiger partial charge in [-0.3, -0.25) is 9.11 Å². The van der Waals surface area contributed by atoms with E-state index >= 15 is 0 Å². The molecule has 0 unspecified atom stereocenters. The summed E-state index contributed by atoms with van der Waals surface area (Å²) in [5.74, 6) is 1.31. The topological polar surface area (TPSA) is 32.3 Å². The Bertz CT molecular complexity index is 390. The summed E-state index contributed by atoms with van der Waals surface area (Å²) in [7, 11) is -0.628. The van der Waals surface area contributed by atoms with Gasteiger partial charge in [-0.2, -0.15) is 0 Å². The van der Waals surface area contributed by atoms with Crippen LogP contribution in [0.25, 0.3) is 0 Å². The van der Waals surface area contributed by atoms with Gasteiger partial charge in [-0.05, 0) is 12.1 Å². The van der Waals surface area contributed by atoms with Gasteiger partial charge in [0, 0.05) is 48.5 Å².